The van der Waals surface area contributed by atoms with Gasteiger partial charge in [-0.3, -0.25) is 18.9 Å². The highest BCUT2D eigenvalue weighted by molar-refractivity contribution is 5.84. The molecule has 1 N–H and O–H groups in total. The number of rotatable bonds is 3. The molecule has 2 aromatic rings. The highest BCUT2D eigenvalue weighted by atomic mass is 16.3. The Hall–Kier alpha value is -2.41. The zero-order valence-corrected chi connectivity index (χ0v) is 15.9. The second-order valence-corrected chi connectivity index (χ2v) is 8.11. The average molecular weight is 370 g/mol. The third-order valence-electron chi connectivity index (χ3n) is 5.93. The molecule has 4 rings (SSSR count). The molecule has 2 aromatic heterocycles. The minimum Gasteiger partial charge on any atom is -0.504 e. The Bertz CT molecular complexity index is 938. The Morgan fingerprint density at radius 1 is 1.26 bits per heavy atom. The van der Waals surface area contributed by atoms with Gasteiger partial charge >= 0.3 is 0 Å². The molecule has 2 saturated heterocycles. The molecule has 27 heavy (non-hydrogen) atoms. The van der Waals surface area contributed by atoms with E-state index in [1.54, 1.807) is 12.3 Å². The normalized spacial score (nSPS) is 23.8. The molecule has 0 aromatic carbocycles. The summed E-state index contributed by atoms with van der Waals surface area (Å²) in [4.78, 5) is 34.1. The maximum Gasteiger partial charge on any atom is 0.258 e. The number of nitrogens with zero attached hydrogens (tertiary/aromatic N) is 4. The maximum absolute atomic E-state index is 13.1. The first-order valence-electron chi connectivity index (χ1n) is 9.63. The van der Waals surface area contributed by atoms with E-state index < -0.39 is 0 Å². The van der Waals surface area contributed by atoms with Crippen molar-refractivity contribution in [1.82, 2.24) is 19.2 Å². The van der Waals surface area contributed by atoms with Crippen LogP contribution in [0.25, 0.3) is 5.65 Å². The summed E-state index contributed by atoms with van der Waals surface area (Å²) in [6.07, 6.45) is 4.43. The van der Waals surface area contributed by atoms with Gasteiger partial charge in [0.25, 0.3) is 5.56 Å². The Kier molecular flexibility index (Phi) is 4.42. The van der Waals surface area contributed by atoms with Crippen LogP contribution >= 0.6 is 0 Å². The molecule has 1 atom stereocenters. The van der Waals surface area contributed by atoms with Gasteiger partial charge in [0.15, 0.2) is 11.4 Å². The summed E-state index contributed by atoms with van der Waals surface area (Å²) in [7, 11) is 0. The van der Waals surface area contributed by atoms with E-state index in [0.29, 0.717) is 18.8 Å². The number of carbonyl (C=O) groups excluding carboxylic acids is 1. The molecule has 1 unspecified atom stereocenters. The van der Waals surface area contributed by atoms with Crippen LogP contribution in [-0.4, -0.2) is 55.9 Å². The smallest absolute Gasteiger partial charge is 0.258 e. The number of fused-ring (bicyclic) bond motifs is 1. The van der Waals surface area contributed by atoms with Crippen molar-refractivity contribution in [1.29, 1.82) is 0 Å². The van der Waals surface area contributed by atoms with Crippen molar-refractivity contribution in [2.24, 2.45) is 5.41 Å². The van der Waals surface area contributed by atoms with Crippen molar-refractivity contribution < 1.29 is 9.90 Å². The summed E-state index contributed by atoms with van der Waals surface area (Å²) in [5.41, 5.74) is 0.395. The van der Waals surface area contributed by atoms with Crippen LogP contribution in [0.15, 0.2) is 29.2 Å². The van der Waals surface area contributed by atoms with Crippen LogP contribution in [0.5, 0.6) is 5.75 Å². The van der Waals surface area contributed by atoms with E-state index in [4.69, 9.17) is 0 Å². The summed E-state index contributed by atoms with van der Waals surface area (Å²) in [5.74, 6) is 0.264. The van der Waals surface area contributed by atoms with Gasteiger partial charge in [-0.15, -0.1) is 0 Å². The van der Waals surface area contributed by atoms with E-state index >= 15 is 0 Å². The van der Waals surface area contributed by atoms with Crippen molar-refractivity contribution in [2.45, 2.75) is 45.7 Å². The lowest BCUT2D eigenvalue weighted by molar-refractivity contribution is -0.147. The van der Waals surface area contributed by atoms with Crippen LogP contribution in [0.1, 0.15) is 38.8 Å². The first-order chi connectivity index (χ1) is 12.9. The zero-order valence-electron chi connectivity index (χ0n) is 15.9. The first kappa shape index (κ1) is 18.0. The topological polar surface area (TPSA) is 78.2 Å². The number of amides is 1. The van der Waals surface area contributed by atoms with Crippen molar-refractivity contribution in [3.63, 3.8) is 0 Å². The van der Waals surface area contributed by atoms with Crippen LogP contribution in [0.4, 0.5) is 0 Å². The summed E-state index contributed by atoms with van der Waals surface area (Å²) in [6, 6.07) is 4.89. The Labute approximate surface area is 158 Å². The minimum atomic E-state index is -0.295. The fourth-order valence-corrected chi connectivity index (χ4v) is 4.53. The molecule has 0 saturated carbocycles. The third-order valence-corrected chi connectivity index (χ3v) is 5.93. The molecule has 0 aliphatic carbocycles. The van der Waals surface area contributed by atoms with Crippen LogP contribution in [0, 0.1) is 5.41 Å². The predicted octanol–water partition coefficient (Wildman–Crippen LogP) is 1.62. The van der Waals surface area contributed by atoms with Crippen LogP contribution in [-0.2, 0) is 11.3 Å². The van der Waals surface area contributed by atoms with Gasteiger partial charge in [-0.05, 0) is 51.8 Å². The van der Waals surface area contributed by atoms with E-state index in [1.165, 1.54) is 16.5 Å². The molecule has 7 nitrogen and oxygen atoms in total. The standard InChI is InChI=1S/C20H26N4O3/c1-14(2)23-9-4-6-20(19(23)27)7-10-22(13-20)12-15-11-17(26)24-8-3-5-16(25)18(24)21-15/h3,5,8,11,14,25H,4,6-7,9-10,12-13H2,1-2H3. The fraction of sp³-hybridized carbons (Fsp3) is 0.550. The Morgan fingerprint density at radius 2 is 2.07 bits per heavy atom. The number of hydrogen-bond acceptors (Lipinski definition) is 5. The van der Waals surface area contributed by atoms with E-state index in [0.717, 1.165) is 32.4 Å². The van der Waals surface area contributed by atoms with E-state index in [1.807, 2.05) is 4.90 Å². The number of piperidine rings is 1. The molecule has 2 aliphatic rings. The molecule has 2 aliphatic heterocycles. The van der Waals surface area contributed by atoms with Crippen molar-refractivity contribution in [3.8, 4) is 5.75 Å². The first-order valence-corrected chi connectivity index (χ1v) is 9.63. The number of carbonyl (C=O) groups is 1. The van der Waals surface area contributed by atoms with Gasteiger partial charge in [0.2, 0.25) is 5.91 Å². The van der Waals surface area contributed by atoms with Gasteiger partial charge in [0, 0.05) is 37.9 Å². The van der Waals surface area contributed by atoms with Gasteiger partial charge < -0.3 is 10.0 Å². The quantitative estimate of drug-likeness (QED) is 0.888. The lowest BCUT2D eigenvalue weighted by Crippen LogP contribution is -2.52. The van der Waals surface area contributed by atoms with E-state index in [-0.39, 0.29) is 34.3 Å². The molecule has 0 bridgehead atoms. The predicted molar refractivity (Wildman–Crippen MR) is 102 cm³/mol. The molecule has 1 amide bonds. The Balaban J connectivity index is 1.55. The molecule has 2 fully saturated rings. The molecule has 1 spiro atoms. The van der Waals surface area contributed by atoms with Crippen molar-refractivity contribution >= 4 is 11.6 Å². The summed E-state index contributed by atoms with van der Waals surface area (Å²) in [6.45, 7) is 7.03. The number of likely N-dealkylation sites (tertiary alicyclic amines) is 2. The molecular weight excluding hydrogens is 344 g/mol. The van der Waals surface area contributed by atoms with Crippen LogP contribution in [0.3, 0.4) is 0 Å². The summed E-state index contributed by atoms with van der Waals surface area (Å²) in [5, 5.41) is 10.0. The number of aromatic nitrogens is 2. The maximum atomic E-state index is 13.1. The number of aromatic hydroxyl groups is 1. The molecular formula is C20H26N4O3. The molecule has 144 valence electrons. The third kappa shape index (κ3) is 3.10. The fourth-order valence-electron chi connectivity index (χ4n) is 4.53. The monoisotopic (exact) mass is 370 g/mol. The van der Waals surface area contributed by atoms with Crippen LogP contribution < -0.4 is 5.56 Å². The SMILES string of the molecule is CC(C)N1CCCC2(CCN(Cc3cc(=O)n4cccc(O)c4n3)C2)C1=O. The largest absolute Gasteiger partial charge is 0.504 e. The highest BCUT2D eigenvalue weighted by Gasteiger charge is 2.48. The minimum absolute atomic E-state index is 0.00984. The zero-order chi connectivity index (χ0) is 19.2. The highest BCUT2D eigenvalue weighted by Crippen LogP contribution is 2.41. The van der Waals surface area contributed by atoms with E-state index in [9.17, 15) is 14.7 Å². The van der Waals surface area contributed by atoms with Gasteiger partial charge in [0.1, 0.15) is 0 Å². The van der Waals surface area contributed by atoms with Gasteiger partial charge in [-0.2, -0.15) is 0 Å². The second kappa shape index (κ2) is 6.64. The summed E-state index contributed by atoms with van der Waals surface area (Å²) < 4.78 is 1.34. The van der Waals surface area contributed by atoms with Gasteiger partial charge in [0.05, 0.1) is 11.1 Å². The summed E-state index contributed by atoms with van der Waals surface area (Å²) >= 11 is 0. The number of pyridine rings is 1. The van der Waals surface area contributed by atoms with Crippen LogP contribution in [0.2, 0.25) is 0 Å². The lowest BCUT2D eigenvalue weighted by atomic mass is 9.78. The van der Waals surface area contributed by atoms with Crippen molar-refractivity contribution in [3.05, 3.63) is 40.4 Å². The number of hydrogen-bond donors (Lipinski definition) is 1. The Morgan fingerprint density at radius 3 is 2.85 bits per heavy atom. The van der Waals surface area contributed by atoms with Gasteiger partial charge in [-0.25, -0.2) is 4.98 Å². The lowest BCUT2D eigenvalue weighted by Gasteiger charge is -2.41. The molecule has 4 heterocycles. The second-order valence-electron chi connectivity index (χ2n) is 8.11. The average Bonchev–Trinajstić information content (AvgIpc) is 3.02. The van der Waals surface area contributed by atoms with E-state index in [2.05, 4.69) is 23.7 Å². The molecule has 0 radical (unpaired) electrons. The van der Waals surface area contributed by atoms with Crippen molar-refractivity contribution in [2.75, 3.05) is 19.6 Å². The molecule has 7 heteroatoms. The van der Waals surface area contributed by atoms with Gasteiger partial charge in [-0.1, -0.05) is 0 Å².